The number of hydrogen-bond acceptors (Lipinski definition) is 3. The van der Waals surface area contributed by atoms with Crippen LogP contribution in [0.2, 0.25) is 0 Å². The van der Waals surface area contributed by atoms with Gasteiger partial charge >= 0.3 is 0 Å². The van der Waals surface area contributed by atoms with Gasteiger partial charge in [0.1, 0.15) is 11.4 Å². The molecule has 1 heterocycles. The van der Waals surface area contributed by atoms with Crippen molar-refractivity contribution in [2.45, 2.75) is 13.3 Å². The van der Waals surface area contributed by atoms with Crippen molar-refractivity contribution < 1.29 is 9.53 Å². The third kappa shape index (κ3) is 5.65. The fourth-order valence-corrected chi connectivity index (χ4v) is 2.38. The Balaban J connectivity index is 0.00000312. The van der Waals surface area contributed by atoms with Crippen LogP contribution >= 0.6 is 12.4 Å². The minimum absolute atomic E-state index is 0. The van der Waals surface area contributed by atoms with Gasteiger partial charge in [-0.05, 0) is 45.1 Å². The second kappa shape index (κ2) is 9.29. The molecule has 0 saturated heterocycles. The van der Waals surface area contributed by atoms with Gasteiger partial charge in [0.15, 0.2) is 5.96 Å². The molecule has 138 valence electrons. The van der Waals surface area contributed by atoms with E-state index in [9.17, 15) is 4.79 Å². The lowest BCUT2D eigenvalue weighted by Crippen LogP contribution is -2.28. The zero-order chi connectivity index (χ0) is 17.7. The fourth-order valence-electron chi connectivity index (χ4n) is 2.38. The number of aliphatic imine (C=N–C) groups is 1. The number of nitrogens with zero attached hydrogens (tertiary/aromatic N) is 2. The average Bonchev–Trinajstić information content (AvgIpc) is 2.96. The van der Waals surface area contributed by atoms with Crippen molar-refractivity contribution in [1.82, 2.24) is 15.2 Å². The number of hydrogen-bond donors (Lipinski definition) is 3. The summed E-state index contributed by atoms with van der Waals surface area (Å²) in [5, 5.41) is 3.60. The zero-order valence-electron chi connectivity index (χ0n) is 15.0. The fraction of sp³-hybridized carbons (Fsp3) is 0.412. The van der Waals surface area contributed by atoms with E-state index in [1.807, 2.05) is 33.2 Å². The molecule has 1 aromatic heterocycles. The molecular formula is C17H26ClN5O2. The molecule has 0 fully saturated rings. The number of fused-ring (bicyclic) bond motifs is 1. The largest absolute Gasteiger partial charge is 0.493 e. The van der Waals surface area contributed by atoms with Gasteiger partial charge in [-0.25, -0.2) is 0 Å². The van der Waals surface area contributed by atoms with Gasteiger partial charge in [-0.1, -0.05) is 0 Å². The molecule has 0 atom stereocenters. The van der Waals surface area contributed by atoms with Crippen molar-refractivity contribution in [2.75, 3.05) is 34.3 Å². The van der Waals surface area contributed by atoms with Gasteiger partial charge in [0.25, 0.3) is 5.91 Å². The number of carbonyl (C=O) groups excluding carboxylic acids is 1. The molecule has 0 saturated carbocycles. The molecule has 4 N–H and O–H groups in total. The Hall–Kier alpha value is -2.25. The van der Waals surface area contributed by atoms with Crippen LogP contribution in [0.4, 0.5) is 0 Å². The first-order valence-corrected chi connectivity index (χ1v) is 7.88. The molecule has 1 aromatic carbocycles. The molecule has 1 amide bonds. The van der Waals surface area contributed by atoms with Gasteiger partial charge < -0.3 is 25.7 Å². The molecule has 0 aliphatic carbocycles. The minimum Gasteiger partial charge on any atom is -0.493 e. The van der Waals surface area contributed by atoms with Gasteiger partial charge in [0, 0.05) is 30.6 Å². The van der Waals surface area contributed by atoms with Crippen molar-refractivity contribution in [2.24, 2.45) is 10.7 Å². The van der Waals surface area contributed by atoms with Gasteiger partial charge in [0.05, 0.1) is 6.61 Å². The van der Waals surface area contributed by atoms with E-state index in [1.165, 1.54) is 0 Å². The summed E-state index contributed by atoms with van der Waals surface area (Å²) in [5.41, 5.74) is 7.81. The van der Waals surface area contributed by atoms with Gasteiger partial charge in [-0.15, -0.1) is 12.4 Å². The van der Waals surface area contributed by atoms with E-state index in [-0.39, 0.29) is 18.4 Å². The van der Waals surface area contributed by atoms with Crippen LogP contribution in [0.25, 0.3) is 10.9 Å². The molecule has 7 nitrogen and oxygen atoms in total. The van der Waals surface area contributed by atoms with E-state index in [2.05, 4.69) is 20.2 Å². The Labute approximate surface area is 154 Å². The van der Waals surface area contributed by atoms with Crippen LogP contribution in [0.15, 0.2) is 23.2 Å². The van der Waals surface area contributed by atoms with Crippen LogP contribution in [-0.2, 0) is 0 Å². The normalized spacial score (nSPS) is 11.5. The van der Waals surface area contributed by atoms with Gasteiger partial charge in [-0.3, -0.25) is 4.79 Å². The Morgan fingerprint density at radius 2 is 2.08 bits per heavy atom. The third-order valence-electron chi connectivity index (χ3n) is 3.65. The maximum atomic E-state index is 12.1. The Kier molecular flexibility index (Phi) is 7.73. The number of H-pyrrole nitrogens is 1. The molecule has 2 rings (SSSR count). The zero-order valence-corrected chi connectivity index (χ0v) is 15.9. The van der Waals surface area contributed by atoms with Gasteiger partial charge in [-0.2, -0.15) is 4.99 Å². The molecule has 0 unspecified atom stereocenters. The highest BCUT2D eigenvalue weighted by Gasteiger charge is 2.12. The van der Waals surface area contributed by atoms with E-state index in [4.69, 9.17) is 10.5 Å². The third-order valence-corrected chi connectivity index (χ3v) is 3.65. The van der Waals surface area contributed by atoms with Crippen molar-refractivity contribution in [3.8, 4) is 5.75 Å². The van der Waals surface area contributed by atoms with Crippen LogP contribution < -0.4 is 15.8 Å². The summed E-state index contributed by atoms with van der Waals surface area (Å²) in [5.74, 6) is 0.462. The van der Waals surface area contributed by atoms with Crippen LogP contribution in [0.1, 0.15) is 22.5 Å². The number of benzene rings is 1. The van der Waals surface area contributed by atoms with E-state index in [1.54, 1.807) is 13.1 Å². The lowest BCUT2D eigenvalue weighted by molar-refractivity contribution is 0.0998. The minimum atomic E-state index is -0.411. The summed E-state index contributed by atoms with van der Waals surface area (Å²) in [6, 6.07) is 5.67. The second-order valence-electron chi connectivity index (χ2n) is 5.94. The predicted octanol–water partition coefficient (Wildman–Crippen LogP) is 1.90. The first-order valence-electron chi connectivity index (χ1n) is 7.88. The molecule has 0 bridgehead atoms. The maximum absolute atomic E-state index is 12.1. The van der Waals surface area contributed by atoms with Crippen molar-refractivity contribution in [1.29, 1.82) is 0 Å². The van der Waals surface area contributed by atoms with Gasteiger partial charge in [0.2, 0.25) is 0 Å². The predicted molar refractivity (Wildman–Crippen MR) is 104 cm³/mol. The number of guanidine groups is 1. The molecule has 2 aromatic rings. The number of aryl methyl sites for hydroxylation is 1. The van der Waals surface area contributed by atoms with Crippen LogP contribution in [0.3, 0.4) is 0 Å². The van der Waals surface area contributed by atoms with E-state index < -0.39 is 5.91 Å². The first-order chi connectivity index (χ1) is 11.4. The Morgan fingerprint density at radius 1 is 1.36 bits per heavy atom. The standard InChI is InChI=1S/C17H25N5O2.ClH/c1-11-8-12(24-7-5-6-22(3)4)9-14-13(11)10-15(20-14)16(23)21-17(18)19-2;/h8-10,20H,5-7H2,1-4H3,(H3,18,19,21,23);1H. The molecule has 0 aliphatic heterocycles. The summed E-state index contributed by atoms with van der Waals surface area (Å²) in [7, 11) is 5.69. The van der Waals surface area contributed by atoms with Crippen LogP contribution in [0.5, 0.6) is 5.75 Å². The smallest absolute Gasteiger partial charge is 0.296 e. The highest BCUT2D eigenvalue weighted by atomic mass is 35.5. The maximum Gasteiger partial charge on any atom is 0.296 e. The number of ether oxygens (including phenoxy) is 1. The number of aromatic amines is 1. The average molecular weight is 368 g/mol. The quantitative estimate of drug-likeness (QED) is 0.411. The first kappa shape index (κ1) is 20.8. The van der Waals surface area contributed by atoms with Crippen molar-refractivity contribution in [3.05, 3.63) is 29.5 Å². The molecular weight excluding hydrogens is 342 g/mol. The summed E-state index contributed by atoms with van der Waals surface area (Å²) >= 11 is 0. The highest BCUT2D eigenvalue weighted by molar-refractivity contribution is 6.04. The van der Waals surface area contributed by atoms with E-state index in [0.717, 1.165) is 35.2 Å². The number of rotatable bonds is 6. The Bertz CT molecular complexity index is 755. The number of nitrogens with two attached hydrogens (primary N) is 1. The van der Waals surface area contributed by atoms with Crippen molar-refractivity contribution >= 4 is 35.2 Å². The highest BCUT2D eigenvalue weighted by Crippen LogP contribution is 2.26. The number of aromatic nitrogens is 1. The molecule has 0 radical (unpaired) electrons. The number of amides is 1. The Morgan fingerprint density at radius 3 is 2.72 bits per heavy atom. The lowest BCUT2D eigenvalue weighted by Gasteiger charge is -2.11. The SMILES string of the molecule is CNC(N)=NC(=O)c1cc2c(C)cc(OCCCN(C)C)cc2[nH]1.Cl. The van der Waals surface area contributed by atoms with Crippen LogP contribution in [0, 0.1) is 6.92 Å². The molecule has 0 spiro atoms. The summed E-state index contributed by atoms with van der Waals surface area (Å²) in [6.07, 6.45) is 0.955. The van der Waals surface area contributed by atoms with Crippen LogP contribution in [-0.4, -0.2) is 56.0 Å². The summed E-state index contributed by atoms with van der Waals surface area (Å²) in [6.45, 7) is 3.62. The molecule has 25 heavy (non-hydrogen) atoms. The number of halogens is 1. The monoisotopic (exact) mass is 367 g/mol. The summed E-state index contributed by atoms with van der Waals surface area (Å²) < 4.78 is 5.81. The molecule has 0 aliphatic rings. The van der Waals surface area contributed by atoms with E-state index >= 15 is 0 Å². The number of carbonyl (C=O) groups is 1. The second-order valence-corrected chi connectivity index (χ2v) is 5.94. The molecule has 8 heteroatoms. The lowest BCUT2D eigenvalue weighted by atomic mass is 10.1. The van der Waals surface area contributed by atoms with E-state index in [0.29, 0.717) is 12.3 Å². The summed E-state index contributed by atoms with van der Waals surface area (Å²) in [4.78, 5) is 21.1. The number of nitrogens with one attached hydrogen (secondary N) is 2. The van der Waals surface area contributed by atoms with Crippen molar-refractivity contribution in [3.63, 3.8) is 0 Å². The topological polar surface area (TPSA) is 95.7 Å².